The quantitative estimate of drug-likeness (QED) is 0.298. The number of methoxy groups -OCH3 is 1. The zero-order chi connectivity index (χ0) is 23.8. The maximum atomic E-state index is 12.4. The Bertz CT molecular complexity index is 1130. The van der Waals surface area contributed by atoms with Gasteiger partial charge in [-0.1, -0.05) is 30.3 Å². The molecule has 0 bridgehead atoms. The molecule has 2 atom stereocenters. The fourth-order valence-corrected chi connectivity index (χ4v) is 3.38. The molecule has 1 heterocycles. The molecule has 0 fully saturated rings. The largest absolute Gasteiger partial charge is 0.768 e. The van der Waals surface area contributed by atoms with Crippen molar-refractivity contribution in [1.82, 2.24) is 9.97 Å². The van der Waals surface area contributed by atoms with Gasteiger partial charge in [0, 0.05) is 11.1 Å². The summed E-state index contributed by atoms with van der Waals surface area (Å²) >= 11 is -2.41. The standard InChI is InChI=1S/C22H24N4O6S/c1-3-32-21(28)16-12-23-22(25-17-10-9-15(33(29)30)11-19(17)31-2)26-20(16)24-18(13-27)14-7-5-4-6-8-14/h4-12,18,27H,3,13H2,1-2H3,(H,29,30)(H2,23,24,25,26)/p-1/t18-/m1/s1. The Morgan fingerprint density at radius 1 is 1.24 bits per heavy atom. The number of aromatic nitrogens is 2. The minimum Gasteiger partial charge on any atom is -0.768 e. The van der Waals surface area contributed by atoms with Crippen molar-refractivity contribution in [3.8, 4) is 5.75 Å². The maximum Gasteiger partial charge on any atom is 0.343 e. The van der Waals surface area contributed by atoms with Crippen molar-refractivity contribution in [2.75, 3.05) is 31.0 Å². The molecule has 2 aromatic carbocycles. The van der Waals surface area contributed by atoms with Crippen LogP contribution in [0, 0.1) is 0 Å². The van der Waals surface area contributed by atoms with Crippen molar-refractivity contribution in [2.45, 2.75) is 17.9 Å². The van der Waals surface area contributed by atoms with Crippen molar-refractivity contribution in [1.29, 1.82) is 0 Å². The molecule has 0 spiro atoms. The molecule has 0 saturated carbocycles. The number of carbonyl (C=O) groups excluding carboxylic acids is 1. The van der Waals surface area contributed by atoms with Crippen LogP contribution in [0.25, 0.3) is 0 Å². The molecule has 1 aromatic heterocycles. The van der Waals surface area contributed by atoms with Crippen LogP contribution in [0.4, 0.5) is 17.5 Å². The molecule has 0 aliphatic rings. The van der Waals surface area contributed by atoms with Crippen LogP contribution in [0.5, 0.6) is 5.75 Å². The van der Waals surface area contributed by atoms with E-state index in [1.54, 1.807) is 6.92 Å². The second kappa shape index (κ2) is 11.4. The molecule has 11 heteroatoms. The molecule has 0 aliphatic carbocycles. The Balaban J connectivity index is 1.96. The zero-order valence-corrected chi connectivity index (χ0v) is 18.8. The highest BCUT2D eigenvalue weighted by atomic mass is 32.2. The van der Waals surface area contributed by atoms with E-state index >= 15 is 0 Å². The van der Waals surface area contributed by atoms with Gasteiger partial charge in [0.2, 0.25) is 5.95 Å². The molecule has 0 amide bonds. The number of carbonyl (C=O) groups is 1. The summed E-state index contributed by atoms with van der Waals surface area (Å²) in [5, 5.41) is 15.9. The van der Waals surface area contributed by atoms with Gasteiger partial charge in [-0.3, -0.25) is 4.21 Å². The van der Waals surface area contributed by atoms with Gasteiger partial charge in [0.1, 0.15) is 17.1 Å². The molecule has 174 valence electrons. The molecule has 3 N–H and O–H groups in total. The molecule has 3 rings (SSSR count). The number of aliphatic hydroxyl groups is 1. The van der Waals surface area contributed by atoms with Crippen LogP contribution in [-0.2, 0) is 15.8 Å². The van der Waals surface area contributed by atoms with Crippen molar-refractivity contribution >= 4 is 34.5 Å². The van der Waals surface area contributed by atoms with Gasteiger partial charge in [0.15, 0.2) is 0 Å². The van der Waals surface area contributed by atoms with Crippen molar-refractivity contribution < 1.29 is 28.1 Å². The van der Waals surface area contributed by atoms with Gasteiger partial charge >= 0.3 is 5.97 Å². The summed E-state index contributed by atoms with van der Waals surface area (Å²) in [6, 6.07) is 12.9. The van der Waals surface area contributed by atoms with E-state index in [1.165, 1.54) is 31.5 Å². The highest BCUT2D eigenvalue weighted by molar-refractivity contribution is 7.79. The number of esters is 1. The summed E-state index contributed by atoms with van der Waals surface area (Å²) < 4.78 is 32.8. The predicted octanol–water partition coefficient (Wildman–Crippen LogP) is 2.79. The third-order valence-electron chi connectivity index (χ3n) is 4.59. The van der Waals surface area contributed by atoms with Gasteiger partial charge in [-0.2, -0.15) is 4.98 Å². The van der Waals surface area contributed by atoms with Crippen molar-refractivity contribution in [3.63, 3.8) is 0 Å². The summed E-state index contributed by atoms with van der Waals surface area (Å²) in [7, 11) is 1.40. The number of hydrogen-bond acceptors (Lipinski definition) is 10. The average Bonchev–Trinajstić information content (AvgIpc) is 2.83. The Morgan fingerprint density at radius 3 is 2.64 bits per heavy atom. The summed E-state index contributed by atoms with van der Waals surface area (Å²) in [6.45, 7) is 1.61. The second-order valence-corrected chi connectivity index (χ2v) is 7.63. The highest BCUT2D eigenvalue weighted by Gasteiger charge is 2.20. The van der Waals surface area contributed by atoms with Crippen LogP contribution in [0.2, 0.25) is 0 Å². The Hall–Kier alpha value is -3.54. The first-order valence-corrected chi connectivity index (χ1v) is 11.0. The lowest BCUT2D eigenvalue weighted by molar-refractivity contribution is 0.0526. The van der Waals surface area contributed by atoms with Crippen LogP contribution in [0.1, 0.15) is 28.9 Å². The Morgan fingerprint density at radius 2 is 2.00 bits per heavy atom. The number of hydrogen-bond donors (Lipinski definition) is 3. The maximum absolute atomic E-state index is 12.4. The van der Waals surface area contributed by atoms with E-state index in [2.05, 4.69) is 20.6 Å². The van der Waals surface area contributed by atoms with E-state index in [-0.39, 0.29) is 41.2 Å². The van der Waals surface area contributed by atoms with Gasteiger partial charge < -0.3 is 29.8 Å². The topological polar surface area (TPSA) is 146 Å². The first-order chi connectivity index (χ1) is 16.0. The Labute approximate surface area is 193 Å². The molecule has 33 heavy (non-hydrogen) atoms. The number of nitrogens with zero attached hydrogens (tertiary/aromatic N) is 2. The van der Waals surface area contributed by atoms with E-state index in [9.17, 15) is 18.7 Å². The van der Waals surface area contributed by atoms with Crippen LogP contribution in [-0.4, -0.2) is 50.1 Å². The molecule has 0 aliphatic heterocycles. The first-order valence-electron chi connectivity index (χ1n) is 9.97. The number of ether oxygens (including phenoxy) is 2. The average molecular weight is 472 g/mol. The Kier molecular flexibility index (Phi) is 8.30. The zero-order valence-electron chi connectivity index (χ0n) is 18.0. The van der Waals surface area contributed by atoms with Gasteiger partial charge in [0.05, 0.1) is 32.1 Å². The smallest absolute Gasteiger partial charge is 0.343 e. The molecule has 0 radical (unpaired) electrons. The number of aliphatic hydroxyl groups excluding tert-OH is 1. The lowest BCUT2D eigenvalue weighted by atomic mass is 10.1. The van der Waals surface area contributed by atoms with E-state index in [4.69, 9.17) is 9.47 Å². The minimum atomic E-state index is -2.41. The highest BCUT2D eigenvalue weighted by Crippen LogP contribution is 2.30. The minimum absolute atomic E-state index is 0.0620. The van der Waals surface area contributed by atoms with Crippen molar-refractivity contribution in [3.05, 3.63) is 65.9 Å². The predicted molar refractivity (Wildman–Crippen MR) is 121 cm³/mol. The van der Waals surface area contributed by atoms with E-state index in [0.29, 0.717) is 5.69 Å². The van der Waals surface area contributed by atoms with Crippen LogP contribution in [0.3, 0.4) is 0 Å². The SMILES string of the molecule is CCOC(=O)c1cnc(Nc2ccc(S(=O)[O-])cc2OC)nc1N[C@H](CO)c1ccccc1. The third kappa shape index (κ3) is 6.04. The molecular weight excluding hydrogens is 448 g/mol. The molecular formula is C22H23N4O6S-. The number of benzene rings is 2. The normalized spacial score (nSPS) is 12.5. The molecule has 0 saturated heterocycles. The second-order valence-electron chi connectivity index (χ2n) is 6.69. The van der Waals surface area contributed by atoms with Gasteiger partial charge in [0.25, 0.3) is 0 Å². The van der Waals surface area contributed by atoms with E-state index in [1.807, 2.05) is 30.3 Å². The summed E-state index contributed by atoms with van der Waals surface area (Å²) in [4.78, 5) is 21.1. The fourth-order valence-electron chi connectivity index (χ4n) is 2.99. The van der Waals surface area contributed by atoms with Gasteiger partial charge in [-0.25, -0.2) is 9.78 Å². The lowest BCUT2D eigenvalue weighted by Crippen LogP contribution is -2.19. The monoisotopic (exact) mass is 471 g/mol. The van der Waals surface area contributed by atoms with E-state index < -0.39 is 23.1 Å². The summed E-state index contributed by atoms with van der Waals surface area (Å²) in [6.07, 6.45) is 1.31. The summed E-state index contributed by atoms with van der Waals surface area (Å²) in [5.41, 5.74) is 1.31. The number of rotatable bonds is 10. The van der Waals surface area contributed by atoms with Gasteiger partial charge in [-0.15, -0.1) is 0 Å². The number of anilines is 3. The molecule has 3 aromatic rings. The summed E-state index contributed by atoms with van der Waals surface area (Å²) in [5.74, 6) is -0.0762. The lowest BCUT2D eigenvalue weighted by Gasteiger charge is -2.20. The molecule has 1 unspecified atom stereocenters. The van der Waals surface area contributed by atoms with Crippen LogP contribution >= 0.6 is 0 Å². The van der Waals surface area contributed by atoms with E-state index in [0.717, 1.165) is 5.56 Å². The fraction of sp³-hybridized carbons (Fsp3) is 0.227. The first kappa shape index (κ1) is 24.1. The number of nitrogens with one attached hydrogen (secondary N) is 2. The van der Waals surface area contributed by atoms with Crippen molar-refractivity contribution in [2.24, 2.45) is 0 Å². The van der Waals surface area contributed by atoms with Gasteiger partial charge in [-0.05, 0) is 41.8 Å². The molecule has 10 nitrogen and oxygen atoms in total. The van der Waals surface area contributed by atoms with Crippen LogP contribution in [0.15, 0.2) is 59.6 Å². The third-order valence-corrected chi connectivity index (χ3v) is 5.23. The van der Waals surface area contributed by atoms with Crippen LogP contribution < -0.4 is 15.4 Å².